The Kier molecular flexibility index (Phi) is 6.30. The van der Waals surface area contributed by atoms with Gasteiger partial charge in [-0.3, -0.25) is 9.59 Å². The van der Waals surface area contributed by atoms with Crippen molar-refractivity contribution in [2.24, 2.45) is 11.3 Å². The van der Waals surface area contributed by atoms with Crippen LogP contribution in [0, 0.1) is 11.3 Å². The van der Waals surface area contributed by atoms with E-state index in [0.29, 0.717) is 27.9 Å². The predicted molar refractivity (Wildman–Crippen MR) is 129 cm³/mol. The standard InChI is InChI=1S/C25H28N2O2S2/c1-25(2,3)17-11-12-18-20(14-17)31-24(27-22(28)19-10-7-13-30-19)21(18)23(29)26-15-16-8-5-4-6-9-16/h4-10,13,17H,11-12,14-15H2,1-3H3,(H,26,29)(H,27,28)/t17-/m0/s1. The molecule has 1 aliphatic carbocycles. The molecule has 0 aliphatic heterocycles. The molecule has 0 spiro atoms. The van der Waals surface area contributed by atoms with Crippen molar-refractivity contribution in [1.82, 2.24) is 5.32 Å². The van der Waals surface area contributed by atoms with E-state index < -0.39 is 0 Å². The van der Waals surface area contributed by atoms with Crippen molar-refractivity contribution >= 4 is 39.5 Å². The number of carbonyl (C=O) groups is 2. The highest BCUT2D eigenvalue weighted by Gasteiger charge is 2.34. The molecule has 2 heterocycles. The van der Waals surface area contributed by atoms with Crippen molar-refractivity contribution in [1.29, 1.82) is 0 Å². The van der Waals surface area contributed by atoms with Gasteiger partial charge in [-0.25, -0.2) is 0 Å². The van der Waals surface area contributed by atoms with Gasteiger partial charge in [0.05, 0.1) is 10.4 Å². The fraction of sp³-hybridized carbons (Fsp3) is 0.360. The molecule has 6 heteroatoms. The van der Waals surface area contributed by atoms with Gasteiger partial charge in [-0.05, 0) is 53.2 Å². The van der Waals surface area contributed by atoms with E-state index in [1.165, 1.54) is 16.2 Å². The smallest absolute Gasteiger partial charge is 0.266 e. The summed E-state index contributed by atoms with van der Waals surface area (Å²) in [6.07, 6.45) is 2.89. The van der Waals surface area contributed by atoms with Crippen LogP contribution in [0.4, 0.5) is 5.00 Å². The van der Waals surface area contributed by atoms with E-state index in [1.807, 2.05) is 41.8 Å². The summed E-state index contributed by atoms with van der Waals surface area (Å²) in [5, 5.41) is 8.65. The Balaban J connectivity index is 1.62. The molecule has 2 N–H and O–H groups in total. The second-order valence-corrected chi connectivity index (χ2v) is 11.2. The Labute approximate surface area is 191 Å². The molecule has 0 saturated heterocycles. The van der Waals surface area contributed by atoms with E-state index in [0.717, 1.165) is 30.4 Å². The van der Waals surface area contributed by atoms with Gasteiger partial charge in [0.1, 0.15) is 5.00 Å². The van der Waals surface area contributed by atoms with Gasteiger partial charge in [0.25, 0.3) is 11.8 Å². The predicted octanol–water partition coefficient (Wildman–Crippen LogP) is 6.14. The molecule has 31 heavy (non-hydrogen) atoms. The highest BCUT2D eigenvalue weighted by molar-refractivity contribution is 7.17. The maximum absolute atomic E-state index is 13.3. The molecule has 0 radical (unpaired) electrons. The van der Waals surface area contributed by atoms with Gasteiger partial charge >= 0.3 is 0 Å². The molecule has 3 aromatic rings. The van der Waals surface area contributed by atoms with E-state index in [4.69, 9.17) is 0 Å². The van der Waals surface area contributed by atoms with Crippen molar-refractivity contribution in [3.8, 4) is 0 Å². The number of thiophene rings is 2. The van der Waals surface area contributed by atoms with Gasteiger partial charge in [0, 0.05) is 11.4 Å². The van der Waals surface area contributed by atoms with Gasteiger partial charge in [-0.15, -0.1) is 22.7 Å². The van der Waals surface area contributed by atoms with Crippen molar-refractivity contribution in [3.05, 3.63) is 74.3 Å². The Morgan fingerprint density at radius 2 is 1.84 bits per heavy atom. The zero-order valence-corrected chi connectivity index (χ0v) is 19.8. The van der Waals surface area contributed by atoms with Crippen molar-refractivity contribution in [2.75, 3.05) is 5.32 Å². The zero-order chi connectivity index (χ0) is 22.0. The lowest BCUT2D eigenvalue weighted by Gasteiger charge is -2.33. The molecule has 2 amide bonds. The van der Waals surface area contributed by atoms with Crippen LogP contribution in [-0.2, 0) is 19.4 Å². The van der Waals surface area contributed by atoms with Gasteiger partial charge in [-0.2, -0.15) is 0 Å². The monoisotopic (exact) mass is 452 g/mol. The highest BCUT2D eigenvalue weighted by atomic mass is 32.1. The van der Waals surface area contributed by atoms with Crippen LogP contribution in [0.15, 0.2) is 47.8 Å². The molecule has 1 aromatic carbocycles. The first-order valence-corrected chi connectivity index (χ1v) is 12.3. The summed E-state index contributed by atoms with van der Waals surface area (Å²) in [6.45, 7) is 7.31. The lowest BCUT2D eigenvalue weighted by Crippen LogP contribution is -2.28. The number of amides is 2. The summed E-state index contributed by atoms with van der Waals surface area (Å²) in [5.74, 6) is 0.301. The number of hydrogen-bond acceptors (Lipinski definition) is 4. The first-order chi connectivity index (χ1) is 14.8. The van der Waals surface area contributed by atoms with Crippen LogP contribution in [0.25, 0.3) is 0 Å². The molecule has 2 aromatic heterocycles. The topological polar surface area (TPSA) is 58.2 Å². The van der Waals surface area contributed by atoms with Crippen molar-refractivity contribution in [3.63, 3.8) is 0 Å². The molecule has 162 valence electrons. The molecular formula is C25H28N2O2S2. The van der Waals surface area contributed by atoms with Crippen LogP contribution in [0.3, 0.4) is 0 Å². The highest BCUT2D eigenvalue weighted by Crippen LogP contribution is 2.44. The lowest BCUT2D eigenvalue weighted by molar-refractivity contribution is 0.0950. The third-order valence-electron chi connectivity index (χ3n) is 5.99. The quantitative estimate of drug-likeness (QED) is 0.488. The van der Waals surface area contributed by atoms with E-state index in [9.17, 15) is 9.59 Å². The van der Waals surface area contributed by atoms with E-state index >= 15 is 0 Å². The zero-order valence-electron chi connectivity index (χ0n) is 18.2. The first kappa shape index (κ1) is 21.8. The van der Waals surface area contributed by atoms with E-state index in [-0.39, 0.29) is 17.2 Å². The minimum atomic E-state index is -0.155. The SMILES string of the molecule is CC(C)(C)[C@H]1CCc2c(sc(NC(=O)c3cccs3)c2C(=O)NCc2ccccc2)C1. The number of benzene rings is 1. The average Bonchev–Trinajstić information content (AvgIpc) is 3.39. The Morgan fingerprint density at radius 1 is 1.06 bits per heavy atom. The normalized spacial score (nSPS) is 15.9. The number of hydrogen-bond donors (Lipinski definition) is 2. The van der Waals surface area contributed by atoms with E-state index in [1.54, 1.807) is 17.4 Å². The minimum absolute atomic E-state index is 0.114. The maximum atomic E-state index is 13.3. The van der Waals surface area contributed by atoms with Gasteiger partial charge in [-0.1, -0.05) is 57.2 Å². The first-order valence-electron chi connectivity index (χ1n) is 10.6. The minimum Gasteiger partial charge on any atom is -0.348 e. The van der Waals surface area contributed by atoms with Crippen LogP contribution in [0.5, 0.6) is 0 Å². The molecule has 0 bridgehead atoms. The second-order valence-electron chi connectivity index (χ2n) is 9.11. The Hall–Kier alpha value is -2.44. The van der Waals surface area contributed by atoms with Gasteiger partial charge in [0.15, 0.2) is 0 Å². The molecule has 1 aliphatic rings. The number of fused-ring (bicyclic) bond motifs is 1. The van der Waals surface area contributed by atoms with Crippen LogP contribution in [0.1, 0.15) is 63.2 Å². The molecule has 0 fully saturated rings. The number of anilines is 1. The summed E-state index contributed by atoms with van der Waals surface area (Å²) in [4.78, 5) is 27.9. The van der Waals surface area contributed by atoms with E-state index in [2.05, 4.69) is 31.4 Å². The van der Waals surface area contributed by atoms with Crippen molar-refractivity contribution < 1.29 is 9.59 Å². The number of rotatable bonds is 5. The fourth-order valence-electron chi connectivity index (χ4n) is 4.09. The third kappa shape index (κ3) is 4.91. The van der Waals surface area contributed by atoms with Gasteiger partial charge < -0.3 is 10.6 Å². The van der Waals surface area contributed by atoms with Gasteiger partial charge in [0.2, 0.25) is 0 Å². The molecule has 4 rings (SSSR count). The molecular weight excluding hydrogens is 424 g/mol. The van der Waals surface area contributed by atoms with Crippen LogP contribution >= 0.6 is 22.7 Å². The largest absolute Gasteiger partial charge is 0.348 e. The average molecular weight is 453 g/mol. The summed E-state index contributed by atoms with van der Waals surface area (Å²) in [7, 11) is 0. The number of nitrogens with one attached hydrogen (secondary N) is 2. The van der Waals surface area contributed by atoms with Crippen molar-refractivity contribution in [2.45, 2.75) is 46.6 Å². The summed E-state index contributed by atoms with van der Waals surface area (Å²) in [6, 6.07) is 13.6. The Bertz CT molecular complexity index is 1060. The van der Waals surface area contributed by atoms with Crippen LogP contribution in [0.2, 0.25) is 0 Å². The second kappa shape index (κ2) is 8.97. The summed E-state index contributed by atoms with van der Waals surface area (Å²) >= 11 is 2.97. The third-order valence-corrected chi connectivity index (χ3v) is 8.02. The molecule has 4 nitrogen and oxygen atoms in total. The summed E-state index contributed by atoms with van der Waals surface area (Å²) in [5.41, 5.74) is 3.03. The number of carbonyl (C=O) groups excluding carboxylic acids is 2. The molecule has 0 saturated carbocycles. The molecule has 1 atom stereocenters. The van der Waals surface area contributed by atoms with Crippen LogP contribution < -0.4 is 10.6 Å². The Morgan fingerprint density at radius 3 is 2.52 bits per heavy atom. The fourth-order valence-corrected chi connectivity index (χ4v) is 6.03. The maximum Gasteiger partial charge on any atom is 0.266 e. The summed E-state index contributed by atoms with van der Waals surface area (Å²) < 4.78 is 0. The molecule has 0 unspecified atom stereocenters. The van der Waals surface area contributed by atoms with Crippen LogP contribution in [-0.4, -0.2) is 11.8 Å². The lowest BCUT2D eigenvalue weighted by atomic mass is 9.72.